The summed E-state index contributed by atoms with van der Waals surface area (Å²) in [5.41, 5.74) is 4.75. The van der Waals surface area contributed by atoms with Gasteiger partial charge in [0.05, 0.1) is 17.8 Å². The third-order valence-electron chi connectivity index (χ3n) is 5.60. The van der Waals surface area contributed by atoms with Gasteiger partial charge in [-0.3, -0.25) is 4.68 Å². The van der Waals surface area contributed by atoms with Gasteiger partial charge in [-0.15, -0.1) is 21.5 Å². The molecule has 9 heteroatoms. The summed E-state index contributed by atoms with van der Waals surface area (Å²) in [6.07, 6.45) is 0. The SMILES string of the molecule is CC(C)(C)c1csc(-c2cc3cc(Cn4nc5ccccc5c4-c4nn[nH]n4)ccc3o2)n1. The number of aromatic nitrogens is 7. The predicted octanol–water partition coefficient (Wildman–Crippen LogP) is 5.43. The van der Waals surface area contributed by atoms with E-state index in [4.69, 9.17) is 14.5 Å². The van der Waals surface area contributed by atoms with Gasteiger partial charge < -0.3 is 4.42 Å². The zero-order valence-corrected chi connectivity index (χ0v) is 19.2. The molecule has 1 N–H and O–H groups in total. The van der Waals surface area contributed by atoms with Gasteiger partial charge in [-0.05, 0) is 35.0 Å². The maximum atomic E-state index is 6.11. The summed E-state index contributed by atoms with van der Waals surface area (Å²) in [7, 11) is 0. The highest BCUT2D eigenvalue weighted by atomic mass is 32.1. The van der Waals surface area contributed by atoms with Crippen LogP contribution in [0.1, 0.15) is 32.0 Å². The molecule has 6 aromatic rings. The van der Waals surface area contributed by atoms with Crippen molar-refractivity contribution >= 4 is 33.2 Å². The topological polar surface area (TPSA) is 98.3 Å². The van der Waals surface area contributed by atoms with E-state index < -0.39 is 0 Å². The van der Waals surface area contributed by atoms with Crippen molar-refractivity contribution in [3.63, 3.8) is 0 Å². The van der Waals surface area contributed by atoms with Crippen LogP contribution >= 0.6 is 11.3 Å². The Kier molecular flexibility index (Phi) is 4.41. The van der Waals surface area contributed by atoms with Crippen LogP contribution in [0, 0.1) is 0 Å². The number of hydrogen-bond donors (Lipinski definition) is 1. The molecule has 0 aliphatic rings. The van der Waals surface area contributed by atoms with Crippen LogP contribution in [0.2, 0.25) is 0 Å². The lowest BCUT2D eigenvalue weighted by Crippen LogP contribution is -2.11. The van der Waals surface area contributed by atoms with E-state index in [1.807, 2.05) is 35.0 Å². The van der Waals surface area contributed by atoms with Gasteiger partial charge in [0, 0.05) is 21.6 Å². The van der Waals surface area contributed by atoms with Crippen molar-refractivity contribution in [2.45, 2.75) is 32.7 Å². The van der Waals surface area contributed by atoms with Gasteiger partial charge in [-0.2, -0.15) is 10.3 Å². The highest BCUT2D eigenvalue weighted by Gasteiger charge is 2.20. The van der Waals surface area contributed by atoms with Crippen molar-refractivity contribution in [1.29, 1.82) is 0 Å². The first-order valence-electron chi connectivity index (χ1n) is 10.6. The molecule has 0 atom stereocenters. The lowest BCUT2D eigenvalue weighted by Gasteiger charge is -2.13. The second kappa shape index (κ2) is 7.35. The van der Waals surface area contributed by atoms with E-state index in [0.717, 1.165) is 49.6 Å². The minimum absolute atomic E-state index is 0.0116. The number of benzene rings is 2. The average molecular weight is 456 g/mol. The van der Waals surface area contributed by atoms with E-state index >= 15 is 0 Å². The smallest absolute Gasteiger partial charge is 0.223 e. The number of rotatable bonds is 4. The van der Waals surface area contributed by atoms with E-state index in [2.05, 4.69) is 65.0 Å². The molecule has 0 bridgehead atoms. The number of aromatic amines is 1. The fourth-order valence-corrected chi connectivity index (χ4v) is 4.89. The first kappa shape index (κ1) is 19.8. The molecule has 0 aliphatic heterocycles. The van der Waals surface area contributed by atoms with Crippen molar-refractivity contribution in [3.8, 4) is 22.3 Å². The van der Waals surface area contributed by atoms with E-state index in [0.29, 0.717) is 12.4 Å². The van der Waals surface area contributed by atoms with Crippen LogP contribution in [0.5, 0.6) is 0 Å². The number of H-pyrrole nitrogens is 1. The maximum Gasteiger partial charge on any atom is 0.223 e. The molecule has 4 heterocycles. The Morgan fingerprint density at radius 1 is 1.09 bits per heavy atom. The van der Waals surface area contributed by atoms with Crippen molar-refractivity contribution in [1.82, 2.24) is 35.4 Å². The van der Waals surface area contributed by atoms with Gasteiger partial charge in [0.2, 0.25) is 5.82 Å². The van der Waals surface area contributed by atoms with Crippen LogP contribution in [-0.4, -0.2) is 35.4 Å². The fourth-order valence-electron chi connectivity index (χ4n) is 3.89. The zero-order chi connectivity index (χ0) is 22.6. The molecular weight excluding hydrogens is 434 g/mol. The molecule has 33 heavy (non-hydrogen) atoms. The second-order valence-electron chi connectivity index (χ2n) is 9.03. The lowest BCUT2D eigenvalue weighted by atomic mass is 9.93. The fraction of sp³-hybridized carbons (Fsp3) is 0.208. The Labute approximate surface area is 193 Å². The van der Waals surface area contributed by atoms with E-state index in [1.165, 1.54) is 0 Å². The Hall–Kier alpha value is -3.85. The Bertz CT molecular complexity index is 1580. The van der Waals surface area contributed by atoms with Crippen LogP contribution in [0.4, 0.5) is 0 Å². The normalized spacial score (nSPS) is 12.2. The first-order chi connectivity index (χ1) is 16.0. The van der Waals surface area contributed by atoms with Crippen LogP contribution < -0.4 is 0 Å². The third kappa shape index (κ3) is 3.50. The molecule has 2 aromatic carbocycles. The average Bonchev–Trinajstić information content (AvgIpc) is 3.57. The van der Waals surface area contributed by atoms with Gasteiger partial charge in [0.15, 0.2) is 10.8 Å². The summed E-state index contributed by atoms with van der Waals surface area (Å²) in [6.45, 7) is 7.06. The monoisotopic (exact) mass is 455 g/mol. The molecule has 0 saturated heterocycles. The number of hydrogen-bond acceptors (Lipinski definition) is 7. The summed E-state index contributed by atoms with van der Waals surface area (Å²) < 4.78 is 8.03. The van der Waals surface area contributed by atoms with Crippen LogP contribution in [0.3, 0.4) is 0 Å². The molecule has 0 saturated carbocycles. The Morgan fingerprint density at radius 2 is 1.97 bits per heavy atom. The molecule has 0 spiro atoms. The van der Waals surface area contributed by atoms with E-state index in [9.17, 15) is 0 Å². The van der Waals surface area contributed by atoms with Crippen molar-refractivity contribution in [3.05, 3.63) is 65.2 Å². The zero-order valence-electron chi connectivity index (χ0n) is 18.4. The Morgan fingerprint density at radius 3 is 2.76 bits per heavy atom. The largest absolute Gasteiger partial charge is 0.454 e. The highest BCUT2D eigenvalue weighted by molar-refractivity contribution is 7.13. The quantitative estimate of drug-likeness (QED) is 0.380. The molecule has 8 nitrogen and oxygen atoms in total. The minimum atomic E-state index is 0.0116. The molecule has 0 fully saturated rings. The number of fused-ring (bicyclic) bond motifs is 2. The molecule has 0 amide bonds. The first-order valence-corrected chi connectivity index (χ1v) is 11.5. The minimum Gasteiger partial charge on any atom is -0.454 e. The lowest BCUT2D eigenvalue weighted by molar-refractivity contribution is 0.571. The summed E-state index contributed by atoms with van der Waals surface area (Å²) in [4.78, 5) is 4.79. The van der Waals surface area contributed by atoms with Gasteiger partial charge in [0.25, 0.3) is 0 Å². The predicted molar refractivity (Wildman–Crippen MR) is 128 cm³/mol. The number of furan rings is 1. The molecule has 0 unspecified atom stereocenters. The van der Waals surface area contributed by atoms with Crippen LogP contribution in [0.15, 0.2) is 58.3 Å². The van der Waals surface area contributed by atoms with Gasteiger partial charge in [0.1, 0.15) is 11.3 Å². The van der Waals surface area contributed by atoms with Crippen molar-refractivity contribution < 1.29 is 4.42 Å². The highest BCUT2D eigenvalue weighted by Crippen LogP contribution is 2.34. The van der Waals surface area contributed by atoms with Crippen molar-refractivity contribution in [2.75, 3.05) is 0 Å². The van der Waals surface area contributed by atoms with Crippen LogP contribution in [-0.2, 0) is 12.0 Å². The standard InChI is InChI=1S/C24H21N7OS/c1-24(2,3)20-13-33-23(25-20)19-11-15-10-14(8-9-18(15)32-19)12-31-21(22-26-29-30-27-22)16-6-4-5-7-17(16)28-31/h4-11,13H,12H2,1-3H3,(H,26,27,29,30). The Balaban J connectivity index is 1.37. The van der Waals surface area contributed by atoms with Gasteiger partial charge >= 0.3 is 0 Å². The van der Waals surface area contributed by atoms with E-state index in [-0.39, 0.29) is 5.41 Å². The molecule has 164 valence electrons. The molecule has 6 rings (SSSR count). The number of thiazole rings is 1. The number of tetrazole rings is 1. The maximum absolute atomic E-state index is 6.11. The van der Waals surface area contributed by atoms with Crippen molar-refractivity contribution in [2.24, 2.45) is 0 Å². The summed E-state index contributed by atoms with van der Waals surface area (Å²) in [5.74, 6) is 1.31. The summed E-state index contributed by atoms with van der Waals surface area (Å²) >= 11 is 1.61. The molecule has 0 radical (unpaired) electrons. The number of nitrogens with zero attached hydrogens (tertiary/aromatic N) is 6. The summed E-state index contributed by atoms with van der Waals surface area (Å²) in [6, 6.07) is 16.2. The molecule has 0 aliphatic carbocycles. The third-order valence-corrected chi connectivity index (χ3v) is 6.46. The van der Waals surface area contributed by atoms with Crippen LogP contribution in [0.25, 0.3) is 44.2 Å². The summed E-state index contributed by atoms with van der Waals surface area (Å²) in [5, 5.41) is 24.5. The molecule has 4 aromatic heterocycles. The number of nitrogens with one attached hydrogen (secondary N) is 1. The molecular formula is C24H21N7OS. The van der Waals surface area contributed by atoms with Gasteiger partial charge in [-0.25, -0.2) is 4.98 Å². The van der Waals surface area contributed by atoms with E-state index in [1.54, 1.807) is 11.3 Å². The second-order valence-corrected chi connectivity index (χ2v) is 9.89. The van der Waals surface area contributed by atoms with Gasteiger partial charge in [-0.1, -0.05) is 45.0 Å².